The van der Waals surface area contributed by atoms with E-state index >= 15 is 0 Å². The number of fused-ring (bicyclic) bond motifs is 1. The zero-order chi connectivity index (χ0) is 14.0. The van der Waals surface area contributed by atoms with Crippen LogP contribution in [0.3, 0.4) is 0 Å². The molecule has 1 atom stereocenters. The van der Waals surface area contributed by atoms with E-state index < -0.39 is 11.3 Å². The molecule has 19 heavy (non-hydrogen) atoms. The highest BCUT2D eigenvalue weighted by atomic mass is 35.5. The van der Waals surface area contributed by atoms with Crippen LogP contribution in [0.1, 0.15) is 37.0 Å². The van der Waals surface area contributed by atoms with Crippen molar-refractivity contribution < 1.29 is 14.3 Å². The topological polar surface area (TPSA) is 46.6 Å². The molecule has 1 aromatic rings. The molecule has 1 heterocycles. The molecule has 0 aliphatic carbocycles. The van der Waals surface area contributed by atoms with Gasteiger partial charge in [0.05, 0.1) is 5.69 Å². The average Bonchev–Trinajstić information content (AvgIpc) is 2.41. The van der Waals surface area contributed by atoms with Gasteiger partial charge < -0.3 is 9.64 Å². The van der Waals surface area contributed by atoms with E-state index in [0.717, 1.165) is 6.42 Å². The van der Waals surface area contributed by atoms with Crippen LogP contribution in [0.25, 0.3) is 0 Å². The Kier molecular flexibility index (Phi) is 4.10. The summed E-state index contributed by atoms with van der Waals surface area (Å²) < 4.78 is 5.66. The molecule has 0 N–H and O–H groups in total. The highest BCUT2D eigenvalue weighted by molar-refractivity contribution is 6.67. The second kappa shape index (κ2) is 5.61. The predicted molar refractivity (Wildman–Crippen MR) is 74.0 cm³/mol. The van der Waals surface area contributed by atoms with Gasteiger partial charge in [-0.3, -0.25) is 9.59 Å². The van der Waals surface area contributed by atoms with Crippen LogP contribution in [0.4, 0.5) is 5.69 Å². The van der Waals surface area contributed by atoms with Gasteiger partial charge in [-0.05, 0) is 42.6 Å². The summed E-state index contributed by atoms with van der Waals surface area (Å²) >= 11 is 5.47. The number of carbonyl (C=O) groups is 2. The van der Waals surface area contributed by atoms with Crippen LogP contribution in [0, 0.1) is 0 Å². The standard InChI is InChI=1S/C14H16ClNO3/c1-3-7-16-10-6-5-9(13(15)17)8-12(10)19-11(4-2)14(16)18/h5-6,8,11H,3-4,7H2,1-2H3. The van der Waals surface area contributed by atoms with Crippen molar-refractivity contribution in [3.63, 3.8) is 0 Å². The Bertz CT molecular complexity index is 515. The summed E-state index contributed by atoms with van der Waals surface area (Å²) in [4.78, 5) is 25.1. The Morgan fingerprint density at radius 1 is 1.42 bits per heavy atom. The molecule has 0 radical (unpaired) electrons. The van der Waals surface area contributed by atoms with Crippen molar-refractivity contribution in [1.82, 2.24) is 0 Å². The van der Waals surface area contributed by atoms with Crippen molar-refractivity contribution in [2.24, 2.45) is 0 Å². The smallest absolute Gasteiger partial charge is 0.268 e. The number of nitrogens with zero attached hydrogens (tertiary/aromatic N) is 1. The number of amides is 1. The number of rotatable bonds is 4. The molecule has 0 saturated carbocycles. The van der Waals surface area contributed by atoms with Crippen molar-refractivity contribution in [3.05, 3.63) is 23.8 Å². The fourth-order valence-electron chi connectivity index (χ4n) is 2.16. The van der Waals surface area contributed by atoms with Gasteiger partial charge in [-0.1, -0.05) is 13.8 Å². The van der Waals surface area contributed by atoms with Crippen LogP contribution in [0.5, 0.6) is 5.75 Å². The van der Waals surface area contributed by atoms with Crippen molar-refractivity contribution >= 4 is 28.4 Å². The number of anilines is 1. The van der Waals surface area contributed by atoms with Gasteiger partial charge in [-0.15, -0.1) is 0 Å². The number of benzene rings is 1. The van der Waals surface area contributed by atoms with Crippen LogP contribution in [0.2, 0.25) is 0 Å². The van der Waals surface area contributed by atoms with Crippen LogP contribution < -0.4 is 9.64 Å². The minimum Gasteiger partial charge on any atom is -0.478 e. The zero-order valence-corrected chi connectivity index (χ0v) is 11.7. The largest absolute Gasteiger partial charge is 0.478 e. The quantitative estimate of drug-likeness (QED) is 0.797. The number of halogens is 1. The number of ether oxygens (including phenoxy) is 1. The van der Waals surface area contributed by atoms with Crippen molar-refractivity contribution in [1.29, 1.82) is 0 Å². The molecule has 1 aliphatic rings. The van der Waals surface area contributed by atoms with Gasteiger partial charge in [-0.2, -0.15) is 0 Å². The minimum absolute atomic E-state index is 0.0261. The van der Waals surface area contributed by atoms with Gasteiger partial charge in [0.1, 0.15) is 5.75 Å². The molecule has 1 unspecified atom stereocenters. The van der Waals surface area contributed by atoms with Crippen LogP contribution in [-0.2, 0) is 4.79 Å². The highest BCUT2D eigenvalue weighted by Gasteiger charge is 2.33. The van der Waals surface area contributed by atoms with Gasteiger partial charge in [0.25, 0.3) is 11.1 Å². The summed E-state index contributed by atoms with van der Waals surface area (Å²) in [5.74, 6) is 0.521. The SMILES string of the molecule is CCCN1C(=O)C(CC)Oc2cc(C(=O)Cl)ccc21. The number of hydrogen-bond donors (Lipinski definition) is 0. The third kappa shape index (κ3) is 2.59. The Morgan fingerprint density at radius 3 is 2.74 bits per heavy atom. The highest BCUT2D eigenvalue weighted by Crippen LogP contribution is 2.36. The lowest BCUT2D eigenvalue weighted by Crippen LogP contribution is -2.46. The maximum atomic E-state index is 12.2. The van der Waals surface area contributed by atoms with Crippen molar-refractivity contribution in [2.75, 3.05) is 11.4 Å². The third-order valence-corrected chi connectivity index (χ3v) is 3.32. The molecule has 0 saturated heterocycles. The van der Waals surface area contributed by atoms with E-state index in [0.29, 0.717) is 30.0 Å². The zero-order valence-electron chi connectivity index (χ0n) is 11.0. The lowest BCUT2D eigenvalue weighted by molar-refractivity contribution is -0.126. The monoisotopic (exact) mass is 281 g/mol. The summed E-state index contributed by atoms with van der Waals surface area (Å²) in [7, 11) is 0. The van der Waals surface area contributed by atoms with Gasteiger partial charge >= 0.3 is 0 Å². The molecule has 1 amide bonds. The number of carbonyl (C=O) groups excluding carboxylic acids is 2. The maximum Gasteiger partial charge on any atom is 0.268 e. The lowest BCUT2D eigenvalue weighted by atomic mass is 10.1. The van der Waals surface area contributed by atoms with Crippen LogP contribution in [-0.4, -0.2) is 23.8 Å². The van der Waals surface area contributed by atoms with E-state index in [2.05, 4.69) is 0 Å². The van der Waals surface area contributed by atoms with Gasteiger partial charge in [0.2, 0.25) is 0 Å². The normalized spacial score (nSPS) is 17.9. The summed E-state index contributed by atoms with van der Waals surface area (Å²) in [5.41, 5.74) is 1.08. The predicted octanol–water partition coefficient (Wildman–Crippen LogP) is 2.98. The Morgan fingerprint density at radius 2 is 2.16 bits per heavy atom. The summed E-state index contributed by atoms with van der Waals surface area (Å²) in [6, 6.07) is 4.92. The van der Waals surface area contributed by atoms with E-state index in [1.807, 2.05) is 13.8 Å². The molecular weight excluding hydrogens is 266 g/mol. The maximum absolute atomic E-state index is 12.2. The molecule has 0 bridgehead atoms. The molecule has 1 aliphatic heterocycles. The van der Waals surface area contributed by atoms with E-state index in [-0.39, 0.29) is 5.91 Å². The first-order valence-corrected chi connectivity index (χ1v) is 6.78. The lowest BCUT2D eigenvalue weighted by Gasteiger charge is -2.34. The molecule has 4 nitrogen and oxygen atoms in total. The van der Waals surface area contributed by atoms with Crippen molar-refractivity contribution in [2.45, 2.75) is 32.8 Å². The molecule has 0 aromatic heterocycles. The van der Waals surface area contributed by atoms with Gasteiger partial charge in [0.15, 0.2) is 6.10 Å². The van der Waals surface area contributed by atoms with E-state index in [1.165, 1.54) is 0 Å². The fourth-order valence-corrected chi connectivity index (χ4v) is 2.28. The summed E-state index contributed by atoms with van der Waals surface area (Å²) in [6.07, 6.45) is 0.967. The molecule has 5 heteroatoms. The Labute approximate surface area is 117 Å². The fraction of sp³-hybridized carbons (Fsp3) is 0.429. The van der Waals surface area contributed by atoms with E-state index in [4.69, 9.17) is 16.3 Å². The molecule has 1 aromatic carbocycles. The second-order valence-corrected chi connectivity index (χ2v) is 4.80. The second-order valence-electron chi connectivity index (χ2n) is 4.46. The van der Waals surface area contributed by atoms with E-state index in [9.17, 15) is 9.59 Å². The van der Waals surface area contributed by atoms with Gasteiger partial charge in [0, 0.05) is 12.1 Å². The first kappa shape index (κ1) is 13.9. The molecular formula is C14H16ClNO3. The van der Waals surface area contributed by atoms with Crippen molar-refractivity contribution in [3.8, 4) is 5.75 Å². The third-order valence-electron chi connectivity index (χ3n) is 3.11. The molecule has 0 spiro atoms. The number of hydrogen-bond acceptors (Lipinski definition) is 3. The van der Waals surface area contributed by atoms with Gasteiger partial charge in [-0.25, -0.2) is 0 Å². The molecule has 2 rings (SSSR count). The minimum atomic E-state index is -0.529. The summed E-state index contributed by atoms with van der Waals surface area (Å²) in [6.45, 7) is 4.55. The average molecular weight is 282 g/mol. The molecule has 102 valence electrons. The van der Waals surface area contributed by atoms with Crippen LogP contribution in [0.15, 0.2) is 18.2 Å². The Balaban J connectivity index is 2.45. The first-order chi connectivity index (χ1) is 9.08. The van der Waals surface area contributed by atoms with E-state index in [1.54, 1.807) is 23.1 Å². The molecule has 0 fully saturated rings. The summed E-state index contributed by atoms with van der Waals surface area (Å²) in [5, 5.41) is -0.529. The van der Waals surface area contributed by atoms with Crippen LogP contribution >= 0.6 is 11.6 Å². The first-order valence-electron chi connectivity index (χ1n) is 6.40. The Hall–Kier alpha value is -1.55.